The summed E-state index contributed by atoms with van der Waals surface area (Å²) in [6, 6.07) is 27.0. The van der Waals surface area contributed by atoms with Crippen LogP contribution in [0.15, 0.2) is 72.8 Å². The van der Waals surface area contributed by atoms with E-state index in [1.165, 1.54) is 57.7 Å². The number of nitrogens with zero attached hydrogens (tertiary/aromatic N) is 2. The number of thiophene rings is 2. The average molecular weight is 557 g/mol. The zero-order valence-electron chi connectivity index (χ0n) is 23.8. The van der Waals surface area contributed by atoms with E-state index in [0.29, 0.717) is 11.8 Å². The third-order valence-electron chi connectivity index (χ3n) is 7.94. The molecule has 2 nitrogen and oxygen atoms in total. The van der Waals surface area contributed by atoms with Gasteiger partial charge in [0.05, 0.1) is 22.1 Å². The lowest BCUT2D eigenvalue weighted by molar-refractivity contribution is 0.873. The molecule has 0 fully saturated rings. The van der Waals surface area contributed by atoms with Gasteiger partial charge in [0.2, 0.25) is 0 Å². The van der Waals surface area contributed by atoms with Crippen LogP contribution in [0.1, 0.15) is 61.1 Å². The first-order valence-electron chi connectivity index (χ1n) is 14.1. The SMILES string of the molecule is Cc1ccc2c(c1)c1cc(C)ccc1c1nc3c(C(C)C)ccc(-c4ccc(-c5ccc(C(C)C)s5)s4)c3nc21. The van der Waals surface area contributed by atoms with Crippen LogP contribution in [0.2, 0.25) is 0 Å². The van der Waals surface area contributed by atoms with Gasteiger partial charge in [0, 0.05) is 35.8 Å². The summed E-state index contributed by atoms with van der Waals surface area (Å²) >= 11 is 3.75. The fourth-order valence-electron chi connectivity index (χ4n) is 5.78. The molecular weight excluding hydrogens is 525 g/mol. The van der Waals surface area contributed by atoms with E-state index in [2.05, 4.69) is 114 Å². The molecule has 3 aromatic heterocycles. The van der Waals surface area contributed by atoms with Gasteiger partial charge in [-0.15, -0.1) is 22.7 Å². The highest BCUT2D eigenvalue weighted by Gasteiger charge is 2.19. The molecule has 0 unspecified atom stereocenters. The summed E-state index contributed by atoms with van der Waals surface area (Å²) in [6.07, 6.45) is 0. The first-order valence-corrected chi connectivity index (χ1v) is 15.7. The second-order valence-corrected chi connectivity index (χ2v) is 13.8. The number of aromatic nitrogens is 2. The van der Waals surface area contributed by atoms with Crippen LogP contribution in [0, 0.1) is 13.8 Å². The van der Waals surface area contributed by atoms with Crippen LogP contribution in [0.3, 0.4) is 0 Å². The predicted molar refractivity (Wildman–Crippen MR) is 176 cm³/mol. The maximum Gasteiger partial charge on any atom is 0.0984 e. The van der Waals surface area contributed by atoms with Crippen molar-refractivity contribution in [2.24, 2.45) is 0 Å². The van der Waals surface area contributed by atoms with Crippen molar-refractivity contribution >= 4 is 66.3 Å². The Kier molecular flexibility index (Phi) is 6.03. The summed E-state index contributed by atoms with van der Waals surface area (Å²) in [6.45, 7) is 13.3. The highest BCUT2D eigenvalue weighted by Crippen LogP contribution is 2.43. The van der Waals surface area contributed by atoms with Gasteiger partial charge in [-0.2, -0.15) is 0 Å². The molecule has 40 heavy (non-hydrogen) atoms. The van der Waals surface area contributed by atoms with Crippen LogP contribution >= 0.6 is 22.7 Å². The highest BCUT2D eigenvalue weighted by molar-refractivity contribution is 7.24. The maximum atomic E-state index is 5.48. The molecule has 0 aliphatic carbocycles. The Morgan fingerprint density at radius 2 is 1.07 bits per heavy atom. The molecule has 0 N–H and O–H groups in total. The van der Waals surface area contributed by atoms with Gasteiger partial charge in [-0.05, 0) is 66.3 Å². The van der Waals surface area contributed by atoms with Crippen LogP contribution < -0.4 is 0 Å². The Labute approximate surface area is 243 Å². The smallest absolute Gasteiger partial charge is 0.0984 e. The van der Waals surface area contributed by atoms with Crippen molar-refractivity contribution in [2.45, 2.75) is 53.4 Å². The van der Waals surface area contributed by atoms with Gasteiger partial charge in [-0.3, -0.25) is 0 Å². The minimum atomic E-state index is 0.347. The van der Waals surface area contributed by atoms with E-state index in [9.17, 15) is 0 Å². The maximum absolute atomic E-state index is 5.48. The quantitative estimate of drug-likeness (QED) is 0.159. The minimum Gasteiger partial charge on any atom is -0.243 e. The van der Waals surface area contributed by atoms with Crippen LogP contribution in [-0.2, 0) is 0 Å². The molecular formula is C36H32N2S2. The van der Waals surface area contributed by atoms with Crippen LogP contribution in [-0.4, -0.2) is 9.97 Å². The van der Waals surface area contributed by atoms with Gasteiger partial charge in [0.15, 0.2) is 0 Å². The predicted octanol–water partition coefficient (Wildman–Crippen LogP) is 11.4. The molecule has 0 aliphatic heterocycles. The molecule has 0 amide bonds. The van der Waals surface area contributed by atoms with Gasteiger partial charge < -0.3 is 0 Å². The molecule has 0 bridgehead atoms. The second-order valence-electron chi connectivity index (χ2n) is 11.6. The summed E-state index contributed by atoms with van der Waals surface area (Å²) in [4.78, 5) is 16.2. The third-order valence-corrected chi connectivity index (χ3v) is 10.6. The highest BCUT2D eigenvalue weighted by atomic mass is 32.1. The normalized spacial score (nSPS) is 12.2. The minimum absolute atomic E-state index is 0.347. The molecule has 4 heteroatoms. The van der Waals surface area contributed by atoms with Crippen molar-refractivity contribution in [1.82, 2.24) is 9.97 Å². The number of aryl methyl sites for hydroxylation is 2. The van der Waals surface area contributed by atoms with Crippen molar-refractivity contribution in [3.05, 3.63) is 94.4 Å². The molecule has 4 aromatic carbocycles. The Hall–Kier alpha value is -3.60. The number of rotatable bonds is 4. The molecule has 0 spiro atoms. The zero-order chi connectivity index (χ0) is 27.7. The molecule has 0 saturated heterocycles. The fraction of sp³-hybridized carbons (Fsp3) is 0.222. The number of hydrogen-bond donors (Lipinski definition) is 0. The van der Waals surface area contributed by atoms with Gasteiger partial charge in [-0.1, -0.05) is 87.4 Å². The van der Waals surface area contributed by atoms with E-state index in [1.807, 2.05) is 22.7 Å². The molecule has 0 aliphatic rings. The van der Waals surface area contributed by atoms with Crippen molar-refractivity contribution in [2.75, 3.05) is 0 Å². The monoisotopic (exact) mass is 556 g/mol. The lowest BCUT2D eigenvalue weighted by atomic mass is 9.95. The van der Waals surface area contributed by atoms with E-state index in [1.54, 1.807) is 0 Å². The van der Waals surface area contributed by atoms with Gasteiger partial charge in [-0.25, -0.2) is 9.97 Å². The summed E-state index contributed by atoms with van der Waals surface area (Å²) in [5.74, 6) is 0.896. The summed E-state index contributed by atoms with van der Waals surface area (Å²) in [5.41, 5.74) is 8.90. The molecule has 0 radical (unpaired) electrons. The fourth-order valence-corrected chi connectivity index (χ4v) is 7.91. The molecule has 7 aromatic rings. The van der Waals surface area contributed by atoms with E-state index in [4.69, 9.17) is 9.97 Å². The second kappa shape index (κ2) is 9.50. The Bertz CT molecular complexity index is 2090. The van der Waals surface area contributed by atoms with Crippen molar-refractivity contribution in [3.8, 4) is 20.2 Å². The lowest BCUT2D eigenvalue weighted by Gasteiger charge is -2.16. The number of hydrogen-bond acceptors (Lipinski definition) is 4. The van der Waals surface area contributed by atoms with E-state index in [0.717, 1.165) is 27.6 Å². The van der Waals surface area contributed by atoms with Gasteiger partial charge in [0.25, 0.3) is 0 Å². The Balaban J connectivity index is 1.54. The summed E-state index contributed by atoms with van der Waals surface area (Å²) in [5, 5.41) is 4.84. The number of benzene rings is 4. The molecule has 0 atom stereocenters. The average Bonchev–Trinajstić information content (AvgIpc) is 3.62. The first-order chi connectivity index (χ1) is 19.3. The van der Waals surface area contributed by atoms with Crippen molar-refractivity contribution < 1.29 is 0 Å². The van der Waals surface area contributed by atoms with E-state index >= 15 is 0 Å². The third kappa shape index (κ3) is 4.05. The Morgan fingerprint density at radius 1 is 0.500 bits per heavy atom. The van der Waals surface area contributed by atoms with Gasteiger partial charge in [0.1, 0.15) is 0 Å². The van der Waals surface area contributed by atoms with Crippen LogP contribution in [0.5, 0.6) is 0 Å². The first kappa shape index (κ1) is 25.4. The molecule has 3 heterocycles. The van der Waals surface area contributed by atoms with Crippen molar-refractivity contribution in [3.63, 3.8) is 0 Å². The molecule has 7 rings (SSSR count). The number of fused-ring (bicyclic) bond motifs is 7. The topological polar surface area (TPSA) is 25.8 Å². The largest absolute Gasteiger partial charge is 0.243 e. The standard InChI is InChI=1S/C36H32N2S2/c1-19(2)23-11-12-26(30-14-16-32(40-30)31-15-13-29(39-31)20(3)4)36-33(23)37-34-24-9-7-21(5)17-27(24)28-18-22(6)8-10-25(28)35(34)38-36/h7-20H,1-6H3. The summed E-state index contributed by atoms with van der Waals surface area (Å²) in [7, 11) is 0. The molecule has 198 valence electrons. The zero-order valence-corrected chi connectivity index (χ0v) is 25.4. The van der Waals surface area contributed by atoms with E-state index < -0.39 is 0 Å². The summed E-state index contributed by atoms with van der Waals surface area (Å²) < 4.78 is 0. The van der Waals surface area contributed by atoms with Gasteiger partial charge >= 0.3 is 0 Å². The van der Waals surface area contributed by atoms with Crippen LogP contribution in [0.4, 0.5) is 0 Å². The van der Waals surface area contributed by atoms with Crippen molar-refractivity contribution in [1.29, 1.82) is 0 Å². The Morgan fingerprint density at radius 3 is 1.68 bits per heavy atom. The van der Waals surface area contributed by atoms with E-state index in [-0.39, 0.29) is 0 Å². The molecule has 0 saturated carbocycles. The van der Waals surface area contributed by atoms with Crippen LogP contribution in [0.25, 0.3) is 63.8 Å². The lowest BCUT2D eigenvalue weighted by Crippen LogP contribution is -1.98.